The van der Waals surface area contributed by atoms with Gasteiger partial charge in [-0.2, -0.15) is 0 Å². The van der Waals surface area contributed by atoms with Crippen LogP contribution in [0.1, 0.15) is 42.7 Å². The Hall–Kier alpha value is -0.370. The average molecular weight is 271 g/mol. The number of alkyl halides is 1. The Bertz CT molecular complexity index is 348. The molecule has 0 aromatic heterocycles. The molecule has 1 fully saturated rings. The van der Waals surface area contributed by atoms with Crippen molar-refractivity contribution >= 4 is 15.9 Å². The number of hydrogen-bond acceptors (Lipinski definition) is 0. The monoisotopic (exact) mass is 270 g/mol. The summed E-state index contributed by atoms with van der Waals surface area (Å²) in [5.41, 5.74) is 2.07. The molecule has 0 nitrogen and oxygen atoms in total. The van der Waals surface area contributed by atoms with Crippen LogP contribution < -0.4 is 0 Å². The van der Waals surface area contributed by atoms with Crippen LogP contribution in [0.25, 0.3) is 0 Å². The van der Waals surface area contributed by atoms with E-state index in [-0.39, 0.29) is 5.82 Å². The molecule has 0 bridgehead atoms. The highest BCUT2D eigenvalue weighted by Gasteiger charge is 2.23. The third kappa shape index (κ3) is 2.60. The number of aryl methyl sites for hydroxylation is 1. The Morgan fingerprint density at radius 1 is 1.33 bits per heavy atom. The van der Waals surface area contributed by atoms with Gasteiger partial charge in [-0.1, -0.05) is 40.0 Å². The summed E-state index contributed by atoms with van der Waals surface area (Å²) in [5, 5.41) is 0. The zero-order chi connectivity index (χ0) is 10.8. The molecule has 15 heavy (non-hydrogen) atoms. The SMILES string of the molecule is Cc1ccc(F)c(C2CCCC(Br)C2)c1. The first-order valence-corrected chi connectivity index (χ1v) is 6.48. The summed E-state index contributed by atoms with van der Waals surface area (Å²) in [6.07, 6.45) is 4.63. The van der Waals surface area contributed by atoms with E-state index in [1.807, 2.05) is 19.1 Å². The second kappa shape index (κ2) is 4.65. The lowest BCUT2D eigenvalue weighted by molar-refractivity contribution is 0.442. The summed E-state index contributed by atoms with van der Waals surface area (Å²) >= 11 is 3.65. The molecule has 1 aromatic carbocycles. The zero-order valence-corrected chi connectivity index (χ0v) is 10.6. The minimum Gasteiger partial charge on any atom is -0.207 e. The molecule has 2 rings (SSSR count). The van der Waals surface area contributed by atoms with Crippen molar-refractivity contribution in [3.63, 3.8) is 0 Å². The summed E-state index contributed by atoms with van der Waals surface area (Å²) in [6.45, 7) is 2.03. The van der Waals surface area contributed by atoms with E-state index in [1.165, 1.54) is 12.8 Å². The predicted molar refractivity (Wildman–Crippen MR) is 65.1 cm³/mol. The van der Waals surface area contributed by atoms with E-state index >= 15 is 0 Å². The minimum atomic E-state index is -0.0350. The lowest BCUT2D eigenvalue weighted by Gasteiger charge is -2.26. The van der Waals surface area contributed by atoms with Crippen molar-refractivity contribution in [2.75, 3.05) is 0 Å². The van der Waals surface area contributed by atoms with Crippen molar-refractivity contribution in [1.29, 1.82) is 0 Å². The van der Waals surface area contributed by atoms with Gasteiger partial charge in [0.05, 0.1) is 0 Å². The molecule has 0 radical (unpaired) electrons. The van der Waals surface area contributed by atoms with Gasteiger partial charge in [-0.3, -0.25) is 0 Å². The van der Waals surface area contributed by atoms with Gasteiger partial charge in [-0.25, -0.2) is 4.39 Å². The molecule has 0 saturated heterocycles. The molecule has 0 amide bonds. The number of benzene rings is 1. The molecule has 1 aliphatic rings. The van der Waals surface area contributed by atoms with Gasteiger partial charge in [0.2, 0.25) is 0 Å². The van der Waals surface area contributed by atoms with Crippen LogP contribution in [0, 0.1) is 12.7 Å². The lowest BCUT2D eigenvalue weighted by atomic mass is 9.83. The molecule has 1 aromatic rings. The maximum Gasteiger partial charge on any atom is 0.126 e. The van der Waals surface area contributed by atoms with Gasteiger partial charge in [-0.05, 0) is 43.7 Å². The van der Waals surface area contributed by atoms with E-state index in [4.69, 9.17) is 0 Å². The van der Waals surface area contributed by atoms with E-state index in [0.717, 1.165) is 24.0 Å². The highest BCUT2D eigenvalue weighted by Crippen LogP contribution is 2.37. The number of rotatable bonds is 1. The molecule has 0 spiro atoms. The van der Waals surface area contributed by atoms with Gasteiger partial charge in [0, 0.05) is 4.83 Å². The van der Waals surface area contributed by atoms with Gasteiger partial charge in [0.1, 0.15) is 5.82 Å². The summed E-state index contributed by atoms with van der Waals surface area (Å²) in [4.78, 5) is 0.566. The molecule has 82 valence electrons. The fraction of sp³-hybridized carbons (Fsp3) is 0.538. The van der Waals surface area contributed by atoms with Crippen molar-refractivity contribution in [3.05, 3.63) is 35.1 Å². The Morgan fingerprint density at radius 3 is 2.87 bits per heavy atom. The maximum atomic E-state index is 13.7. The first kappa shape index (κ1) is 11.1. The van der Waals surface area contributed by atoms with E-state index < -0.39 is 0 Å². The normalized spacial score (nSPS) is 26.6. The fourth-order valence-corrected chi connectivity index (χ4v) is 3.16. The molecular formula is C13H16BrF. The number of hydrogen-bond donors (Lipinski definition) is 0. The topological polar surface area (TPSA) is 0 Å². The van der Waals surface area contributed by atoms with Crippen molar-refractivity contribution in [1.82, 2.24) is 0 Å². The summed E-state index contributed by atoms with van der Waals surface area (Å²) in [6, 6.07) is 5.45. The third-order valence-corrected chi connectivity index (χ3v) is 4.03. The lowest BCUT2D eigenvalue weighted by Crippen LogP contribution is -2.14. The van der Waals surface area contributed by atoms with Crippen LogP contribution in [-0.2, 0) is 0 Å². The van der Waals surface area contributed by atoms with Gasteiger partial charge in [-0.15, -0.1) is 0 Å². The molecule has 0 aliphatic heterocycles. The third-order valence-electron chi connectivity index (χ3n) is 3.20. The van der Waals surface area contributed by atoms with Crippen molar-refractivity contribution in [3.8, 4) is 0 Å². The van der Waals surface area contributed by atoms with Gasteiger partial charge < -0.3 is 0 Å². The van der Waals surface area contributed by atoms with Crippen LogP contribution in [0.2, 0.25) is 0 Å². The van der Waals surface area contributed by atoms with E-state index in [2.05, 4.69) is 15.9 Å². The van der Waals surface area contributed by atoms with Crippen molar-refractivity contribution < 1.29 is 4.39 Å². The van der Waals surface area contributed by atoms with Crippen LogP contribution in [0.15, 0.2) is 18.2 Å². The van der Waals surface area contributed by atoms with Gasteiger partial charge in [0.15, 0.2) is 0 Å². The fourth-order valence-electron chi connectivity index (χ4n) is 2.39. The average Bonchev–Trinajstić information content (AvgIpc) is 2.22. The van der Waals surface area contributed by atoms with Crippen LogP contribution in [0.5, 0.6) is 0 Å². The molecule has 0 heterocycles. The predicted octanol–water partition coefficient (Wildman–Crippen LogP) is 4.56. The zero-order valence-electron chi connectivity index (χ0n) is 8.97. The van der Waals surface area contributed by atoms with Gasteiger partial charge >= 0.3 is 0 Å². The summed E-state index contributed by atoms with van der Waals surface area (Å²) < 4.78 is 13.7. The Balaban J connectivity index is 2.24. The smallest absolute Gasteiger partial charge is 0.126 e. The highest BCUT2D eigenvalue weighted by molar-refractivity contribution is 9.09. The van der Waals surface area contributed by atoms with Crippen molar-refractivity contribution in [2.45, 2.75) is 43.4 Å². The van der Waals surface area contributed by atoms with Gasteiger partial charge in [0.25, 0.3) is 0 Å². The molecule has 1 aliphatic carbocycles. The van der Waals surface area contributed by atoms with E-state index in [0.29, 0.717) is 10.7 Å². The maximum absolute atomic E-state index is 13.7. The second-order valence-corrected chi connectivity index (χ2v) is 5.78. The number of halogens is 2. The summed E-state index contributed by atoms with van der Waals surface area (Å²) in [7, 11) is 0. The highest BCUT2D eigenvalue weighted by atomic mass is 79.9. The van der Waals surface area contributed by atoms with Crippen LogP contribution in [0.3, 0.4) is 0 Å². The molecule has 0 N–H and O–H groups in total. The standard InChI is InChI=1S/C13H16BrF/c1-9-5-6-13(15)12(7-9)10-3-2-4-11(14)8-10/h5-7,10-11H,2-4,8H2,1H3. The Kier molecular flexibility index (Phi) is 3.45. The Morgan fingerprint density at radius 2 is 2.13 bits per heavy atom. The van der Waals surface area contributed by atoms with Crippen LogP contribution in [-0.4, -0.2) is 4.83 Å². The quantitative estimate of drug-likeness (QED) is 0.657. The first-order chi connectivity index (χ1) is 7.16. The van der Waals surface area contributed by atoms with Crippen LogP contribution >= 0.6 is 15.9 Å². The molecule has 2 unspecified atom stereocenters. The minimum absolute atomic E-state index is 0.0350. The molecule has 2 heteroatoms. The molecule has 2 atom stereocenters. The van der Waals surface area contributed by atoms with E-state index in [9.17, 15) is 4.39 Å². The molecule has 1 saturated carbocycles. The largest absolute Gasteiger partial charge is 0.207 e. The Labute approximate surface area is 99.0 Å². The van der Waals surface area contributed by atoms with Crippen molar-refractivity contribution in [2.24, 2.45) is 0 Å². The summed E-state index contributed by atoms with van der Waals surface area (Å²) in [5.74, 6) is 0.371. The van der Waals surface area contributed by atoms with E-state index in [1.54, 1.807) is 6.07 Å². The first-order valence-electron chi connectivity index (χ1n) is 5.57. The van der Waals surface area contributed by atoms with Crippen LogP contribution in [0.4, 0.5) is 4.39 Å². The second-order valence-electron chi connectivity index (χ2n) is 4.49. The molecular weight excluding hydrogens is 255 g/mol.